The molecule has 264 valence electrons. The molecule has 0 bridgehead atoms. The van der Waals surface area contributed by atoms with Crippen molar-refractivity contribution in [2.75, 3.05) is 0 Å². The molecule has 0 atom stereocenters. The Kier molecular flexibility index (Phi) is 6.81. The van der Waals surface area contributed by atoms with Crippen LogP contribution in [0.5, 0.6) is 0 Å². The Balaban J connectivity index is 1.05. The third-order valence-electron chi connectivity index (χ3n) is 11.7. The van der Waals surface area contributed by atoms with Crippen molar-refractivity contribution in [3.63, 3.8) is 0 Å². The van der Waals surface area contributed by atoms with Crippen molar-refractivity contribution >= 4 is 65.4 Å². The van der Waals surface area contributed by atoms with E-state index in [0.29, 0.717) is 17.5 Å². The van der Waals surface area contributed by atoms with E-state index < -0.39 is 0 Å². The van der Waals surface area contributed by atoms with Gasteiger partial charge in [0.25, 0.3) is 0 Å². The summed E-state index contributed by atoms with van der Waals surface area (Å²) in [5.41, 5.74) is 11.3. The minimum Gasteiger partial charge on any atom is -0.456 e. The van der Waals surface area contributed by atoms with Crippen LogP contribution >= 0.6 is 0 Å². The van der Waals surface area contributed by atoms with Gasteiger partial charge >= 0.3 is 0 Å². The lowest BCUT2D eigenvalue weighted by atomic mass is 9.90. The maximum absolute atomic E-state index is 6.51. The molecule has 0 saturated heterocycles. The Morgan fingerprint density at radius 2 is 1.04 bits per heavy atom. The molecule has 0 radical (unpaired) electrons. The second kappa shape index (κ2) is 12.2. The smallest absolute Gasteiger partial charge is 0.164 e. The van der Waals surface area contributed by atoms with E-state index in [9.17, 15) is 0 Å². The molecule has 5 heteroatoms. The Morgan fingerprint density at radius 1 is 0.357 bits per heavy atom. The first-order valence-electron chi connectivity index (χ1n) is 19.4. The van der Waals surface area contributed by atoms with Crippen molar-refractivity contribution in [2.45, 2.75) is 25.7 Å². The van der Waals surface area contributed by atoms with Crippen molar-refractivity contribution < 1.29 is 8.83 Å². The average molecular weight is 720 g/mol. The standard InChI is InChI=1S/C51H33N3O2/c1-2-11-30(12-3-1)49-52-50(54-51(53-49)42-27-35-15-6-7-16-36(35)37-17-8-9-18-38(37)42)40-19-10-20-45-48(40)43-26-33(22-24-44(43)55-45)34-21-23-39-41-25-31-13-4-5-14-32(31)28-47(41)56-46(39)29-34/h1-3,6-12,15-29H,4-5,13-14H2. The van der Waals surface area contributed by atoms with E-state index in [1.54, 1.807) is 0 Å². The molecule has 3 aromatic heterocycles. The van der Waals surface area contributed by atoms with Gasteiger partial charge in [-0.3, -0.25) is 0 Å². The van der Waals surface area contributed by atoms with Crippen molar-refractivity contribution in [1.29, 1.82) is 0 Å². The summed E-state index contributed by atoms with van der Waals surface area (Å²) < 4.78 is 13.0. The van der Waals surface area contributed by atoms with Crippen molar-refractivity contribution in [2.24, 2.45) is 0 Å². The summed E-state index contributed by atoms with van der Waals surface area (Å²) >= 11 is 0. The quantitative estimate of drug-likeness (QED) is 0.169. The lowest BCUT2D eigenvalue weighted by Crippen LogP contribution is -2.01. The molecule has 0 saturated carbocycles. The number of aryl methyl sites for hydroxylation is 2. The number of aromatic nitrogens is 3. The summed E-state index contributed by atoms with van der Waals surface area (Å²) in [5.74, 6) is 1.84. The molecule has 0 N–H and O–H groups in total. The molecule has 0 unspecified atom stereocenters. The molecule has 0 aliphatic heterocycles. The van der Waals surface area contributed by atoms with E-state index in [-0.39, 0.29) is 0 Å². The van der Waals surface area contributed by atoms with Gasteiger partial charge in [0.1, 0.15) is 22.3 Å². The molecule has 0 fully saturated rings. The van der Waals surface area contributed by atoms with Crippen LogP contribution in [0.3, 0.4) is 0 Å². The maximum atomic E-state index is 6.51. The van der Waals surface area contributed by atoms with Gasteiger partial charge in [0, 0.05) is 38.2 Å². The van der Waals surface area contributed by atoms with Crippen LogP contribution in [-0.2, 0) is 12.8 Å². The van der Waals surface area contributed by atoms with E-state index in [1.807, 2.05) is 30.3 Å². The fourth-order valence-electron chi connectivity index (χ4n) is 8.95. The van der Waals surface area contributed by atoms with Gasteiger partial charge in [-0.1, -0.05) is 103 Å². The Labute approximate surface area is 321 Å². The van der Waals surface area contributed by atoms with Gasteiger partial charge in [-0.25, -0.2) is 15.0 Å². The van der Waals surface area contributed by atoms with Crippen molar-refractivity contribution in [1.82, 2.24) is 15.0 Å². The highest BCUT2D eigenvalue weighted by molar-refractivity contribution is 6.15. The third kappa shape index (κ3) is 4.90. The van der Waals surface area contributed by atoms with Crippen molar-refractivity contribution in [3.05, 3.63) is 163 Å². The predicted octanol–water partition coefficient (Wildman–Crippen LogP) is 13.5. The van der Waals surface area contributed by atoms with Gasteiger partial charge in [-0.15, -0.1) is 0 Å². The molecule has 1 aliphatic carbocycles. The lowest BCUT2D eigenvalue weighted by Gasteiger charge is -2.14. The third-order valence-corrected chi connectivity index (χ3v) is 11.7. The zero-order valence-corrected chi connectivity index (χ0v) is 30.4. The first-order chi connectivity index (χ1) is 27.7. The molecule has 8 aromatic carbocycles. The molecule has 11 aromatic rings. The van der Waals surface area contributed by atoms with Crippen LogP contribution in [0, 0.1) is 0 Å². The molecular formula is C51H33N3O2. The summed E-state index contributed by atoms with van der Waals surface area (Å²) in [4.78, 5) is 15.6. The molecule has 5 nitrogen and oxygen atoms in total. The number of hydrogen-bond acceptors (Lipinski definition) is 5. The molecular weight excluding hydrogens is 687 g/mol. The Bertz CT molecular complexity index is 3380. The second-order valence-corrected chi connectivity index (χ2v) is 15.0. The van der Waals surface area contributed by atoms with E-state index in [1.165, 1.54) is 40.1 Å². The van der Waals surface area contributed by atoms with Crippen LogP contribution < -0.4 is 0 Å². The zero-order valence-electron chi connectivity index (χ0n) is 30.4. The first kappa shape index (κ1) is 31.3. The van der Waals surface area contributed by atoms with Crippen molar-refractivity contribution in [3.8, 4) is 45.3 Å². The van der Waals surface area contributed by atoms with Gasteiger partial charge in [0.2, 0.25) is 0 Å². The van der Waals surface area contributed by atoms with Crippen LogP contribution in [-0.4, -0.2) is 15.0 Å². The topological polar surface area (TPSA) is 65.0 Å². The molecule has 56 heavy (non-hydrogen) atoms. The van der Waals surface area contributed by atoms with E-state index in [0.717, 1.165) is 89.9 Å². The fourth-order valence-corrected chi connectivity index (χ4v) is 8.95. The van der Waals surface area contributed by atoms with Gasteiger partial charge < -0.3 is 8.83 Å². The van der Waals surface area contributed by atoms with Crippen LogP contribution in [0.25, 0.3) is 111 Å². The van der Waals surface area contributed by atoms with Crippen LogP contribution in [0.4, 0.5) is 0 Å². The number of fused-ring (bicyclic) bond motifs is 10. The number of furan rings is 2. The minimum atomic E-state index is 0.594. The first-order valence-corrected chi connectivity index (χ1v) is 19.4. The summed E-state index contributed by atoms with van der Waals surface area (Å²) in [6.45, 7) is 0. The zero-order chi connectivity index (χ0) is 36.7. The average Bonchev–Trinajstić information content (AvgIpc) is 3.82. The number of hydrogen-bond donors (Lipinski definition) is 0. The Hall–Kier alpha value is -7.11. The molecule has 0 amide bonds. The summed E-state index contributed by atoms with van der Waals surface area (Å²) in [7, 11) is 0. The van der Waals surface area contributed by atoms with Gasteiger partial charge in [-0.2, -0.15) is 0 Å². The number of nitrogens with zero attached hydrogens (tertiary/aromatic N) is 3. The van der Waals surface area contributed by atoms with E-state index >= 15 is 0 Å². The maximum Gasteiger partial charge on any atom is 0.164 e. The molecule has 0 spiro atoms. The van der Waals surface area contributed by atoms with Gasteiger partial charge in [0.05, 0.1) is 0 Å². The largest absolute Gasteiger partial charge is 0.456 e. The number of rotatable bonds is 4. The minimum absolute atomic E-state index is 0.594. The van der Waals surface area contributed by atoms with E-state index in [2.05, 4.69) is 121 Å². The molecule has 1 aliphatic rings. The fraction of sp³-hybridized carbons (Fsp3) is 0.0784. The predicted molar refractivity (Wildman–Crippen MR) is 228 cm³/mol. The summed E-state index contributed by atoms with van der Waals surface area (Å²) in [5, 5.41) is 8.95. The number of benzene rings is 8. The molecule has 3 heterocycles. The van der Waals surface area contributed by atoms with Crippen LogP contribution in [0.2, 0.25) is 0 Å². The second-order valence-electron chi connectivity index (χ2n) is 15.0. The van der Waals surface area contributed by atoms with Crippen LogP contribution in [0.15, 0.2) is 160 Å². The lowest BCUT2D eigenvalue weighted by molar-refractivity contribution is 0.659. The normalized spacial score (nSPS) is 13.1. The van der Waals surface area contributed by atoms with Crippen LogP contribution in [0.1, 0.15) is 24.0 Å². The summed E-state index contributed by atoms with van der Waals surface area (Å²) in [6, 6.07) is 53.1. The highest BCUT2D eigenvalue weighted by atomic mass is 16.3. The van der Waals surface area contributed by atoms with E-state index in [4.69, 9.17) is 23.8 Å². The summed E-state index contributed by atoms with van der Waals surface area (Å²) in [6.07, 6.45) is 4.79. The van der Waals surface area contributed by atoms with Gasteiger partial charge in [-0.05, 0) is 118 Å². The highest BCUT2D eigenvalue weighted by Gasteiger charge is 2.21. The SMILES string of the molecule is c1ccc(-c2nc(-c3cc4ccccc4c4ccccc34)nc(-c3cccc4oc5ccc(-c6ccc7c(c6)oc6cc8c(cc67)CCCC8)cc5c34)n2)cc1. The highest BCUT2D eigenvalue weighted by Crippen LogP contribution is 2.41. The molecule has 12 rings (SSSR count). The Morgan fingerprint density at radius 3 is 1.91 bits per heavy atom. The van der Waals surface area contributed by atoms with Gasteiger partial charge in [0.15, 0.2) is 17.5 Å². The monoisotopic (exact) mass is 719 g/mol.